The first-order chi connectivity index (χ1) is 14.5. The number of carbonyl (C=O) groups excluding carboxylic acids is 3. The first-order valence-electron chi connectivity index (χ1n) is 10.1. The number of anilines is 1. The van der Waals surface area contributed by atoms with Gasteiger partial charge in [0.05, 0.1) is 13.7 Å². The summed E-state index contributed by atoms with van der Waals surface area (Å²) in [6.45, 7) is 2.87. The molecule has 30 heavy (non-hydrogen) atoms. The minimum Gasteiger partial charge on any atom is -0.497 e. The van der Waals surface area contributed by atoms with Gasteiger partial charge in [0.25, 0.3) is 5.91 Å². The second-order valence-corrected chi connectivity index (χ2v) is 7.36. The Balaban J connectivity index is 1.55. The van der Waals surface area contributed by atoms with E-state index in [2.05, 4.69) is 10.6 Å². The smallest absolute Gasteiger partial charge is 0.254 e. The fraction of sp³-hybridized carbons (Fsp3) is 0.348. The number of nitrogens with zero attached hydrogens (tertiary/aromatic N) is 1. The highest BCUT2D eigenvalue weighted by molar-refractivity contribution is 5.99. The number of carbonyl (C=O) groups is 3. The third kappa shape index (κ3) is 5.59. The standard InChI is InChI=1S/C23H27N3O4/c1-16-6-9-18(23(29)26-13-12-24-22(28)15-26)14-20(16)25-21(27)5-3-4-17-7-10-19(30-2)11-8-17/h6-11,14H,3-5,12-13,15H2,1-2H3,(H,24,28)(H,25,27). The highest BCUT2D eigenvalue weighted by Gasteiger charge is 2.22. The van der Waals surface area contributed by atoms with E-state index in [9.17, 15) is 14.4 Å². The number of ether oxygens (including phenoxy) is 1. The zero-order valence-corrected chi connectivity index (χ0v) is 17.4. The van der Waals surface area contributed by atoms with Crippen LogP contribution in [0.15, 0.2) is 42.5 Å². The molecule has 158 valence electrons. The quantitative estimate of drug-likeness (QED) is 0.736. The minimum atomic E-state index is -0.208. The topological polar surface area (TPSA) is 87.7 Å². The van der Waals surface area contributed by atoms with Gasteiger partial charge in [-0.05, 0) is 55.2 Å². The maximum absolute atomic E-state index is 12.7. The summed E-state index contributed by atoms with van der Waals surface area (Å²) in [4.78, 5) is 38.2. The minimum absolute atomic E-state index is 0.0553. The lowest BCUT2D eigenvalue weighted by atomic mass is 10.1. The molecule has 0 spiro atoms. The van der Waals surface area contributed by atoms with Crippen LogP contribution in [0.1, 0.15) is 34.3 Å². The molecule has 7 heteroatoms. The van der Waals surface area contributed by atoms with Gasteiger partial charge in [0.2, 0.25) is 11.8 Å². The molecule has 1 aliphatic heterocycles. The number of methoxy groups -OCH3 is 1. The summed E-state index contributed by atoms with van der Waals surface area (Å²) in [6, 6.07) is 13.0. The van der Waals surface area contributed by atoms with Crippen LogP contribution in [0.2, 0.25) is 0 Å². The van der Waals surface area contributed by atoms with Crippen LogP contribution in [0.3, 0.4) is 0 Å². The number of benzene rings is 2. The summed E-state index contributed by atoms with van der Waals surface area (Å²) in [7, 11) is 1.63. The normalized spacial score (nSPS) is 13.5. The molecule has 7 nitrogen and oxygen atoms in total. The third-order valence-corrected chi connectivity index (χ3v) is 5.11. The lowest BCUT2D eigenvalue weighted by molar-refractivity contribution is -0.123. The van der Waals surface area contributed by atoms with Crippen molar-refractivity contribution in [3.8, 4) is 5.75 Å². The van der Waals surface area contributed by atoms with Crippen molar-refractivity contribution in [1.29, 1.82) is 0 Å². The summed E-state index contributed by atoms with van der Waals surface area (Å²) in [5.41, 5.74) is 3.12. The summed E-state index contributed by atoms with van der Waals surface area (Å²) in [5, 5.41) is 5.62. The molecule has 0 bridgehead atoms. The number of nitrogens with one attached hydrogen (secondary N) is 2. The molecule has 0 unspecified atom stereocenters. The summed E-state index contributed by atoms with van der Waals surface area (Å²) >= 11 is 0. The Hall–Kier alpha value is -3.35. The van der Waals surface area contributed by atoms with Gasteiger partial charge >= 0.3 is 0 Å². The fourth-order valence-electron chi connectivity index (χ4n) is 3.34. The average molecular weight is 409 g/mol. The van der Waals surface area contributed by atoms with E-state index >= 15 is 0 Å². The number of amides is 3. The van der Waals surface area contributed by atoms with Crippen molar-refractivity contribution in [2.75, 3.05) is 32.1 Å². The summed E-state index contributed by atoms with van der Waals surface area (Å²) in [5.74, 6) is 0.354. The Bertz CT molecular complexity index is 925. The first kappa shape index (κ1) is 21.4. The van der Waals surface area contributed by atoms with Crippen LogP contribution in [0, 0.1) is 6.92 Å². The lowest BCUT2D eigenvalue weighted by Gasteiger charge is -2.27. The van der Waals surface area contributed by atoms with E-state index in [0.29, 0.717) is 30.8 Å². The van der Waals surface area contributed by atoms with E-state index in [4.69, 9.17) is 4.74 Å². The molecule has 0 radical (unpaired) electrons. The summed E-state index contributed by atoms with van der Waals surface area (Å²) in [6.07, 6.45) is 1.90. The fourth-order valence-corrected chi connectivity index (χ4v) is 3.34. The van der Waals surface area contributed by atoms with Gasteiger partial charge < -0.3 is 20.3 Å². The molecule has 2 N–H and O–H groups in total. The monoisotopic (exact) mass is 409 g/mol. The van der Waals surface area contributed by atoms with Crippen molar-refractivity contribution in [2.24, 2.45) is 0 Å². The van der Waals surface area contributed by atoms with Crippen molar-refractivity contribution in [1.82, 2.24) is 10.2 Å². The van der Waals surface area contributed by atoms with Gasteiger partial charge in [-0.2, -0.15) is 0 Å². The predicted octanol–water partition coefficient (Wildman–Crippen LogP) is 2.54. The highest BCUT2D eigenvalue weighted by Crippen LogP contribution is 2.19. The highest BCUT2D eigenvalue weighted by atomic mass is 16.5. The average Bonchev–Trinajstić information content (AvgIpc) is 2.75. The van der Waals surface area contributed by atoms with Crippen molar-refractivity contribution >= 4 is 23.4 Å². The Kier molecular flexibility index (Phi) is 7.06. The van der Waals surface area contributed by atoms with E-state index in [1.165, 1.54) is 4.90 Å². The zero-order valence-electron chi connectivity index (χ0n) is 17.4. The van der Waals surface area contributed by atoms with Crippen LogP contribution in [0.25, 0.3) is 0 Å². The van der Waals surface area contributed by atoms with Gasteiger partial charge in [0, 0.05) is 30.8 Å². The SMILES string of the molecule is COc1ccc(CCCC(=O)Nc2cc(C(=O)N3CCNC(=O)C3)ccc2C)cc1. The molecule has 0 saturated carbocycles. The van der Waals surface area contributed by atoms with E-state index < -0.39 is 0 Å². The van der Waals surface area contributed by atoms with Gasteiger partial charge in [-0.1, -0.05) is 18.2 Å². The van der Waals surface area contributed by atoms with Crippen molar-refractivity contribution in [3.05, 3.63) is 59.2 Å². The molecule has 1 heterocycles. The molecular weight excluding hydrogens is 382 g/mol. The molecular formula is C23H27N3O4. The number of rotatable bonds is 7. The summed E-state index contributed by atoms with van der Waals surface area (Å²) < 4.78 is 5.15. The van der Waals surface area contributed by atoms with E-state index in [1.807, 2.05) is 37.3 Å². The lowest BCUT2D eigenvalue weighted by Crippen LogP contribution is -2.49. The molecule has 3 rings (SSSR count). The van der Waals surface area contributed by atoms with Gasteiger partial charge in [-0.3, -0.25) is 14.4 Å². The van der Waals surface area contributed by atoms with Gasteiger partial charge in [-0.25, -0.2) is 0 Å². The van der Waals surface area contributed by atoms with Crippen LogP contribution < -0.4 is 15.4 Å². The maximum Gasteiger partial charge on any atom is 0.254 e. The van der Waals surface area contributed by atoms with Crippen molar-refractivity contribution < 1.29 is 19.1 Å². The van der Waals surface area contributed by atoms with E-state index in [0.717, 1.165) is 29.7 Å². The van der Waals surface area contributed by atoms with Gasteiger partial charge in [0.15, 0.2) is 0 Å². The Morgan fingerprint density at radius 3 is 2.63 bits per heavy atom. The molecule has 1 aliphatic rings. The number of aryl methyl sites for hydroxylation is 2. The number of hydrogen-bond donors (Lipinski definition) is 2. The van der Waals surface area contributed by atoms with Gasteiger partial charge in [0.1, 0.15) is 5.75 Å². The van der Waals surface area contributed by atoms with Crippen LogP contribution in [-0.2, 0) is 16.0 Å². The van der Waals surface area contributed by atoms with E-state index in [1.54, 1.807) is 19.2 Å². The Morgan fingerprint density at radius 1 is 1.17 bits per heavy atom. The molecule has 2 aromatic carbocycles. The zero-order chi connectivity index (χ0) is 21.5. The molecule has 3 amide bonds. The molecule has 0 aromatic heterocycles. The Morgan fingerprint density at radius 2 is 1.93 bits per heavy atom. The van der Waals surface area contributed by atoms with Gasteiger partial charge in [-0.15, -0.1) is 0 Å². The van der Waals surface area contributed by atoms with Crippen LogP contribution in [-0.4, -0.2) is 49.4 Å². The van der Waals surface area contributed by atoms with E-state index in [-0.39, 0.29) is 24.3 Å². The number of hydrogen-bond acceptors (Lipinski definition) is 4. The molecule has 1 saturated heterocycles. The first-order valence-corrected chi connectivity index (χ1v) is 10.1. The molecule has 2 aromatic rings. The third-order valence-electron chi connectivity index (χ3n) is 5.11. The van der Waals surface area contributed by atoms with Crippen LogP contribution in [0.4, 0.5) is 5.69 Å². The second-order valence-electron chi connectivity index (χ2n) is 7.36. The molecule has 0 atom stereocenters. The molecule has 0 aliphatic carbocycles. The van der Waals surface area contributed by atoms with Crippen LogP contribution >= 0.6 is 0 Å². The largest absolute Gasteiger partial charge is 0.497 e. The van der Waals surface area contributed by atoms with Crippen LogP contribution in [0.5, 0.6) is 5.75 Å². The number of piperazine rings is 1. The second kappa shape index (κ2) is 9.91. The van der Waals surface area contributed by atoms with Crippen molar-refractivity contribution in [2.45, 2.75) is 26.2 Å². The Labute approximate surface area is 176 Å². The maximum atomic E-state index is 12.7. The van der Waals surface area contributed by atoms with Crippen molar-refractivity contribution in [3.63, 3.8) is 0 Å². The predicted molar refractivity (Wildman–Crippen MR) is 115 cm³/mol. The molecule has 1 fully saturated rings.